The molecule has 0 bridgehead atoms. The number of hydrogen-bond acceptors (Lipinski definition) is 9. The first-order valence-corrected chi connectivity index (χ1v) is 9.40. The standard InChI is InChI=1S/C16H25N5O4S/c17-14-11-15(19-8-18-14)21(9-20-11)16-12(23)13(10(7-22)25-16)24-5-3-1-2-4-6-26/h8-10,12-13,16,22-23,26H,1-7H2,(H2,17,18,19)/t10-,12-,13-,16-/m1/s1. The fraction of sp³-hybridized carbons (Fsp3) is 0.688. The third-order valence-corrected chi connectivity index (χ3v) is 4.83. The molecule has 10 heteroatoms. The molecule has 3 rings (SSSR count). The molecule has 2 aromatic rings. The second kappa shape index (κ2) is 8.96. The summed E-state index contributed by atoms with van der Waals surface area (Å²) >= 11 is 4.19. The number of thiol groups is 1. The second-order valence-electron chi connectivity index (χ2n) is 6.29. The summed E-state index contributed by atoms with van der Waals surface area (Å²) in [6, 6.07) is 0. The average molecular weight is 383 g/mol. The molecular formula is C16H25N5O4S. The summed E-state index contributed by atoms with van der Waals surface area (Å²) in [6.45, 7) is 0.252. The van der Waals surface area contributed by atoms with Gasteiger partial charge in [-0.1, -0.05) is 12.8 Å². The fourth-order valence-electron chi connectivity index (χ4n) is 3.15. The first-order valence-electron chi connectivity index (χ1n) is 8.77. The van der Waals surface area contributed by atoms with E-state index < -0.39 is 24.5 Å². The molecule has 0 aliphatic carbocycles. The monoisotopic (exact) mass is 383 g/mol. The Morgan fingerprint density at radius 1 is 1.23 bits per heavy atom. The second-order valence-corrected chi connectivity index (χ2v) is 6.74. The molecule has 1 saturated heterocycles. The van der Waals surface area contributed by atoms with Gasteiger partial charge in [-0.3, -0.25) is 4.57 Å². The molecule has 0 spiro atoms. The molecule has 4 N–H and O–H groups in total. The molecule has 4 atom stereocenters. The van der Waals surface area contributed by atoms with Gasteiger partial charge in [0.2, 0.25) is 0 Å². The van der Waals surface area contributed by atoms with E-state index in [2.05, 4.69) is 27.6 Å². The van der Waals surface area contributed by atoms with Gasteiger partial charge in [0.05, 0.1) is 12.9 Å². The van der Waals surface area contributed by atoms with Crippen molar-refractivity contribution in [1.82, 2.24) is 19.5 Å². The number of anilines is 1. The minimum absolute atomic E-state index is 0.248. The van der Waals surface area contributed by atoms with Crippen molar-refractivity contribution in [3.8, 4) is 0 Å². The fourth-order valence-corrected chi connectivity index (χ4v) is 3.37. The summed E-state index contributed by atoms with van der Waals surface area (Å²) in [5, 5.41) is 20.3. The van der Waals surface area contributed by atoms with Crippen LogP contribution in [0.5, 0.6) is 0 Å². The SMILES string of the molecule is Nc1ncnc2c1ncn2[C@@H]1O[C@H](CO)[C@@H](OCCCCCCS)[C@H]1O. The number of ether oxygens (including phenoxy) is 2. The molecule has 1 aliphatic rings. The van der Waals surface area contributed by atoms with Gasteiger partial charge in [0.1, 0.15) is 30.2 Å². The Morgan fingerprint density at radius 3 is 2.81 bits per heavy atom. The van der Waals surface area contributed by atoms with Crippen molar-refractivity contribution in [3.63, 3.8) is 0 Å². The predicted molar refractivity (Wildman–Crippen MR) is 98.8 cm³/mol. The van der Waals surface area contributed by atoms with Gasteiger partial charge in [-0.2, -0.15) is 12.6 Å². The van der Waals surface area contributed by atoms with Gasteiger partial charge in [-0.25, -0.2) is 15.0 Å². The highest BCUT2D eigenvalue weighted by Gasteiger charge is 2.45. The molecule has 0 aromatic carbocycles. The lowest BCUT2D eigenvalue weighted by atomic mass is 10.1. The number of hydrogen-bond donors (Lipinski definition) is 4. The van der Waals surface area contributed by atoms with Gasteiger partial charge >= 0.3 is 0 Å². The number of aromatic nitrogens is 4. The molecule has 3 heterocycles. The molecule has 1 fully saturated rings. The van der Waals surface area contributed by atoms with Crippen LogP contribution in [-0.4, -0.2) is 67.0 Å². The largest absolute Gasteiger partial charge is 0.394 e. The van der Waals surface area contributed by atoms with Gasteiger partial charge in [-0.05, 0) is 18.6 Å². The highest BCUT2D eigenvalue weighted by Crippen LogP contribution is 2.33. The van der Waals surface area contributed by atoms with E-state index in [1.165, 1.54) is 12.7 Å². The summed E-state index contributed by atoms with van der Waals surface area (Å²) in [4.78, 5) is 12.3. The van der Waals surface area contributed by atoms with E-state index in [1.54, 1.807) is 4.57 Å². The highest BCUT2D eigenvalue weighted by molar-refractivity contribution is 7.80. The zero-order valence-corrected chi connectivity index (χ0v) is 15.3. The molecule has 9 nitrogen and oxygen atoms in total. The third-order valence-electron chi connectivity index (χ3n) is 4.51. The zero-order valence-electron chi connectivity index (χ0n) is 14.4. The van der Waals surface area contributed by atoms with Gasteiger partial charge < -0.3 is 25.4 Å². The summed E-state index contributed by atoms with van der Waals surface area (Å²) < 4.78 is 13.2. The first kappa shape index (κ1) is 19.3. The lowest BCUT2D eigenvalue weighted by Gasteiger charge is -2.20. The van der Waals surface area contributed by atoms with E-state index in [0.717, 1.165) is 31.4 Å². The number of imidazole rings is 1. The molecule has 2 aromatic heterocycles. The number of aliphatic hydroxyl groups excluding tert-OH is 2. The number of rotatable bonds is 9. The van der Waals surface area contributed by atoms with Crippen molar-refractivity contribution in [2.75, 3.05) is 24.7 Å². The Labute approximate surface area is 157 Å². The smallest absolute Gasteiger partial charge is 0.167 e. The number of fused-ring (bicyclic) bond motifs is 1. The normalized spacial score (nSPS) is 26.0. The minimum Gasteiger partial charge on any atom is -0.394 e. The molecule has 0 radical (unpaired) electrons. The van der Waals surface area contributed by atoms with Gasteiger partial charge in [0.15, 0.2) is 17.7 Å². The van der Waals surface area contributed by atoms with Crippen molar-refractivity contribution in [2.24, 2.45) is 0 Å². The van der Waals surface area contributed by atoms with Crippen LogP contribution in [0.4, 0.5) is 5.82 Å². The van der Waals surface area contributed by atoms with E-state index in [9.17, 15) is 10.2 Å². The van der Waals surface area contributed by atoms with Crippen LogP contribution in [0.2, 0.25) is 0 Å². The van der Waals surface area contributed by atoms with Crippen molar-refractivity contribution in [2.45, 2.75) is 50.2 Å². The van der Waals surface area contributed by atoms with Crippen molar-refractivity contribution in [3.05, 3.63) is 12.7 Å². The van der Waals surface area contributed by atoms with Crippen LogP contribution in [0.15, 0.2) is 12.7 Å². The van der Waals surface area contributed by atoms with Gasteiger partial charge in [-0.15, -0.1) is 0 Å². The van der Waals surface area contributed by atoms with E-state index in [4.69, 9.17) is 15.2 Å². The number of nitrogen functional groups attached to an aromatic ring is 1. The molecular weight excluding hydrogens is 358 g/mol. The third kappa shape index (κ3) is 3.94. The molecule has 0 unspecified atom stereocenters. The Hall–Kier alpha value is -1.46. The van der Waals surface area contributed by atoms with Crippen LogP contribution >= 0.6 is 12.6 Å². The van der Waals surface area contributed by atoms with Gasteiger partial charge in [0, 0.05) is 6.61 Å². The Kier molecular flexibility index (Phi) is 6.65. The maximum absolute atomic E-state index is 10.7. The number of nitrogens with zero attached hydrogens (tertiary/aromatic N) is 4. The average Bonchev–Trinajstić information content (AvgIpc) is 3.20. The summed E-state index contributed by atoms with van der Waals surface area (Å²) in [5.74, 6) is 1.14. The van der Waals surface area contributed by atoms with Gasteiger partial charge in [0.25, 0.3) is 0 Å². The van der Waals surface area contributed by atoms with Crippen LogP contribution in [0.25, 0.3) is 11.2 Å². The van der Waals surface area contributed by atoms with E-state index >= 15 is 0 Å². The maximum Gasteiger partial charge on any atom is 0.167 e. The number of nitrogens with two attached hydrogens (primary N) is 1. The quantitative estimate of drug-likeness (QED) is 0.365. The van der Waals surface area contributed by atoms with Crippen LogP contribution in [0.3, 0.4) is 0 Å². The van der Waals surface area contributed by atoms with Crippen LogP contribution in [0.1, 0.15) is 31.9 Å². The summed E-state index contributed by atoms with van der Waals surface area (Å²) in [6.07, 6.45) is 3.98. The summed E-state index contributed by atoms with van der Waals surface area (Å²) in [7, 11) is 0. The molecule has 1 aliphatic heterocycles. The Balaban J connectivity index is 1.67. The van der Waals surface area contributed by atoms with Crippen LogP contribution in [0, 0.1) is 0 Å². The van der Waals surface area contributed by atoms with Crippen molar-refractivity contribution < 1.29 is 19.7 Å². The van der Waals surface area contributed by atoms with Crippen molar-refractivity contribution >= 4 is 29.6 Å². The number of unbranched alkanes of at least 4 members (excludes halogenated alkanes) is 3. The minimum atomic E-state index is -0.960. The summed E-state index contributed by atoms with van der Waals surface area (Å²) in [5.41, 5.74) is 6.71. The Bertz CT molecular complexity index is 715. The lowest BCUT2D eigenvalue weighted by molar-refractivity contribution is -0.0609. The first-order chi connectivity index (χ1) is 12.7. The number of aliphatic hydroxyl groups is 2. The van der Waals surface area contributed by atoms with E-state index in [-0.39, 0.29) is 12.4 Å². The predicted octanol–water partition coefficient (Wildman–Crippen LogP) is 0.534. The molecule has 0 saturated carbocycles. The Morgan fingerprint density at radius 2 is 2.04 bits per heavy atom. The van der Waals surface area contributed by atoms with E-state index in [0.29, 0.717) is 17.8 Å². The molecule has 0 amide bonds. The zero-order chi connectivity index (χ0) is 18.5. The van der Waals surface area contributed by atoms with Crippen molar-refractivity contribution in [1.29, 1.82) is 0 Å². The molecule has 144 valence electrons. The molecule has 26 heavy (non-hydrogen) atoms. The van der Waals surface area contributed by atoms with Crippen LogP contribution in [-0.2, 0) is 9.47 Å². The topological polar surface area (TPSA) is 129 Å². The maximum atomic E-state index is 10.7. The lowest BCUT2D eigenvalue weighted by Crippen LogP contribution is -2.36. The van der Waals surface area contributed by atoms with Crippen LogP contribution < -0.4 is 5.73 Å². The highest BCUT2D eigenvalue weighted by atomic mass is 32.1. The van der Waals surface area contributed by atoms with E-state index in [1.807, 2.05) is 0 Å².